The molecule has 9 heteroatoms. The summed E-state index contributed by atoms with van der Waals surface area (Å²) in [6, 6.07) is 4.70. The maximum absolute atomic E-state index is 12.3. The van der Waals surface area contributed by atoms with Crippen molar-refractivity contribution in [1.82, 2.24) is 9.88 Å². The summed E-state index contributed by atoms with van der Waals surface area (Å²) in [4.78, 5) is 28.9. The first-order valence-corrected chi connectivity index (χ1v) is 9.33. The van der Waals surface area contributed by atoms with Crippen LogP contribution in [0.2, 0.25) is 0 Å². The average molecular weight is 378 g/mol. The lowest BCUT2D eigenvalue weighted by atomic mass is 10.2. The monoisotopic (exact) mass is 378 g/mol. The largest absolute Gasteiger partial charge is 0.444 e. The molecule has 0 spiro atoms. The van der Waals surface area contributed by atoms with Gasteiger partial charge in [0.1, 0.15) is 5.60 Å². The van der Waals surface area contributed by atoms with Crippen molar-refractivity contribution in [3.05, 3.63) is 28.3 Å². The molecule has 1 amide bonds. The lowest BCUT2D eigenvalue weighted by Crippen LogP contribution is -2.42. The van der Waals surface area contributed by atoms with Crippen LogP contribution in [0.25, 0.3) is 10.2 Å². The molecule has 0 aliphatic carbocycles. The standard InChI is InChI=1S/C17H22N4O4S/c1-17(2,3)25-16(22)20-8-4-5-12(20)10-18-15-19-13-9-11(21(23)24)6-7-14(13)26-15/h6-7,9,12H,4-5,8,10H2,1-3H3,(H,18,19)/t12-/m1/s1. The van der Waals surface area contributed by atoms with Crippen molar-refractivity contribution in [2.45, 2.75) is 45.3 Å². The fraction of sp³-hybridized carbons (Fsp3) is 0.529. The van der Waals surface area contributed by atoms with Gasteiger partial charge in [-0.25, -0.2) is 9.78 Å². The van der Waals surface area contributed by atoms with Crippen molar-refractivity contribution in [2.75, 3.05) is 18.4 Å². The second kappa shape index (κ2) is 7.06. The molecule has 1 aliphatic rings. The zero-order valence-electron chi connectivity index (χ0n) is 15.0. The van der Waals surface area contributed by atoms with Crippen molar-refractivity contribution < 1.29 is 14.5 Å². The minimum atomic E-state index is -0.514. The number of fused-ring (bicyclic) bond motifs is 1. The molecule has 1 saturated heterocycles. The molecule has 1 aliphatic heterocycles. The first-order valence-electron chi connectivity index (χ1n) is 8.51. The summed E-state index contributed by atoms with van der Waals surface area (Å²) < 4.78 is 6.35. The van der Waals surface area contributed by atoms with Crippen LogP contribution in [0.5, 0.6) is 0 Å². The number of anilines is 1. The van der Waals surface area contributed by atoms with Crippen LogP contribution < -0.4 is 5.32 Å². The fourth-order valence-electron chi connectivity index (χ4n) is 2.92. The smallest absolute Gasteiger partial charge is 0.410 e. The average Bonchev–Trinajstić information content (AvgIpc) is 3.16. The van der Waals surface area contributed by atoms with Gasteiger partial charge in [-0.05, 0) is 39.7 Å². The Hall–Kier alpha value is -2.42. The number of rotatable bonds is 4. The zero-order chi connectivity index (χ0) is 18.9. The summed E-state index contributed by atoms with van der Waals surface area (Å²) in [5, 5.41) is 14.8. The van der Waals surface area contributed by atoms with Crippen LogP contribution in [-0.4, -0.2) is 45.6 Å². The predicted molar refractivity (Wildman–Crippen MR) is 101 cm³/mol. The summed E-state index contributed by atoms with van der Waals surface area (Å²) in [5.41, 5.74) is 0.114. The van der Waals surface area contributed by atoms with Gasteiger partial charge in [-0.15, -0.1) is 0 Å². The van der Waals surface area contributed by atoms with Crippen molar-refractivity contribution in [3.63, 3.8) is 0 Å². The van der Waals surface area contributed by atoms with Crippen molar-refractivity contribution in [1.29, 1.82) is 0 Å². The number of nitrogens with zero attached hydrogens (tertiary/aromatic N) is 3. The number of carbonyl (C=O) groups excluding carboxylic acids is 1. The number of benzene rings is 1. The van der Waals surface area contributed by atoms with Gasteiger partial charge in [-0.2, -0.15) is 0 Å². The number of amides is 1. The summed E-state index contributed by atoms with van der Waals surface area (Å²) in [6.45, 7) is 6.83. The first kappa shape index (κ1) is 18.4. The second-order valence-electron chi connectivity index (χ2n) is 7.28. The normalized spacial score (nSPS) is 17.5. The van der Waals surface area contributed by atoms with E-state index in [4.69, 9.17) is 4.74 Å². The number of non-ortho nitro benzene ring substituents is 1. The lowest BCUT2D eigenvalue weighted by Gasteiger charge is -2.28. The van der Waals surface area contributed by atoms with Crippen LogP contribution in [-0.2, 0) is 4.74 Å². The van der Waals surface area contributed by atoms with Crippen LogP contribution in [0.4, 0.5) is 15.6 Å². The Morgan fingerprint density at radius 2 is 2.27 bits per heavy atom. The number of nitro benzene ring substituents is 1. The van der Waals surface area contributed by atoms with E-state index in [-0.39, 0.29) is 17.8 Å². The lowest BCUT2D eigenvalue weighted by molar-refractivity contribution is -0.384. The molecule has 0 radical (unpaired) electrons. The highest BCUT2D eigenvalue weighted by atomic mass is 32.1. The number of likely N-dealkylation sites (tertiary alicyclic amines) is 1. The van der Waals surface area contributed by atoms with Crippen LogP contribution in [0.1, 0.15) is 33.6 Å². The van der Waals surface area contributed by atoms with Gasteiger partial charge in [0.2, 0.25) is 0 Å². The number of aromatic nitrogens is 1. The minimum Gasteiger partial charge on any atom is -0.444 e. The first-order chi connectivity index (χ1) is 12.2. The molecule has 1 fully saturated rings. The van der Waals surface area contributed by atoms with E-state index < -0.39 is 10.5 Å². The van der Waals surface area contributed by atoms with Gasteiger partial charge in [0.05, 0.1) is 21.2 Å². The number of hydrogen-bond acceptors (Lipinski definition) is 7. The molecule has 1 N–H and O–H groups in total. The molecule has 1 aromatic heterocycles. The quantitative estimate of drug-likeness (QED) is 0.637. The molecular formula is C17H22N4O4S. The van der Waals surface area contributed by atoms with Crippen LogP contribution in [0.3, 0.4) is 0 Å². The molecule has 26 heavy (non-hydrogen) atoms. The molecule has 2 aromatic rings. The van der Waals surface area contributed by atoms with Crippen molar-refractivity contribution in [2.24, 2.45) is 0 Å². The third-order valence-corrected chi connectivity index (χ3v) is 5.07. The number of carbonyl (C=O) groups is 1. The number of hydrogen-bond donors (Lipinski definition) is 1. The SMILES string of the molecule is CC(C)(C)OC(=O)N1CCC[C@@H]1CNc1nc2cc([N+](=O)[O-])ccc2s1. The molecule has 2 heterocycles. The second-order valence-corrected chi connectivity index (χ2v) is 8.31. The van der Waals surface area contributed by atoms with Gasteiger partial charge in [0, 0.05) is 25.2 Å². The topological polar surface area (TPSA) is 97.6 Å². The Kier molecular flexibility index (Phi) is 4.99. The molecule has 0 bridgehead atoms. The molecule has 0 unspecified atom stereocenters. The molecule has 3 rings (SSSR count). The third-order valence-electron chi connectivity index (χ3n) is 4.08. The minimum absolute atomic E-state index is 0.0289. The number of nitro groups is 1. The van der Waals surface area contributed by atoms with E-state index in [1.807, 2.05) is 20.8 Å². The number of thiazole rings is 1. The van der Waals surface area contributed by atoms with Gasteiger partial charge < -0.3 is 15.0 Å². The molecular weight excluding hydrogens is 356 g/mol. The van der Waals surface area contributed by atoms with Gasteiger partial charge in [0.25, 0.3) is 5.69 Å². The Bertz CT molecular complexity index is 830. The van der Waals surface area contributed by atoms with Gasteiger partial charge in [-0.3, -0.25) is 10.1 Å². The van der Waals surface area contributed by atoms with Crippen LogP contribution in [0, 0.1) is 10.1 Å². The van der Waals surface area contributed by atoms with E-state index >= 15 is 0 Å². The van der Waals surface area contributed by atoms with E-state index in [1.54, 1.807) is 11.0 Å². The number of ether oxygens (including phenoxy) is 1. The molecule has 140 valence electrons. The van der Waals surface area contributed by atoms with Crippen LogP contribution >= 0.6 is 11.3 Å². The van der Waals surface area contributed by atoms with Gasteiger partial charge >= 0.3 is 6.09 Å². The third kappa shape index (κ3) is 4.21. The maximum atomic E-state index is 12.3. The summed E-state index contributed by atoms with van der Waals surface area (Å²) in [5.74, 6) is 0. The summed E-state index contributed by atoms with van der Waals surface area (Å²) in [7, 11) is 0. The molecule has 8 nitrogen and oxygen atoms in total. The Morgan fingerprint density at radius 3 is 2.96 bits per heavy atom. The number of nitrogens with one attached hydrogen (secondary N) is 1. The van der Waals surface area contributed by atoms with E-state index in [2.05, 4.69) is 10.3 Å². The molecule has 0 saturated carbocycles. The zero-order valence-corrected chi connectivity index (χ0v) is 15.8. The van der Waals surface area contributed by atoms with Gasteiger partial charge in [-0.1, -0.05) is 11.3 Å². The van der Waals surface area contributed by atoms with Crippen molar-refractivity contribution >= 4 is 38.5 Å². The highest BCUT2D eigenvalue weighted by Crippen LogP contribution is 2.29. The maximum Gasteiger partial charge on any atom is 0.410 e. The summed E-state index contributed by atoms with van der Waals surface area (Å²) >= 11 is 1.44. The Labute approximate surface area is 155 Å². The molecule has 1 atom stereocenters. The van der Waals surface area contributed by atoms with Gasteiger partial charge in [0.15, 0.2) is 5.13 Å². The highest BCUT2D eigenvalue weighted by molar-refractivity contribution is 7.22. The predicted octanol–water partition coefficient (Wildman–Crippen LogP) is 4.02. The van der Waals surface area contributed by atoms with E-state index in [9.17, 15) is 14.9 Å². The Balaban J connectivity index is 1.65. The summed E-state index contributed by atoms with van der Waals surface area (Å²) in [6.07, 6.45) is 1.56. The highest BCUT2D eigenvalue weighted by Gasteiger charge is 2.32. The van der Waals surface area contributed by atoms with Crippen molar-refractivity contribution in [3.8, 4) is 0 Å². The Morgan fingerprint density at radius 1 is 1.50 bits per heavy atom. The molecule has 1 aromatic carbocycles. The van der Waals surface area contributed by atoms with E-state index in [0.29, 0.717) is 23.7 Å². The van der Waals surface area contributed by atoms with E-state index in [0.717, 1.165) is 17.5 Å². The van der Waals surface area contributed by atoms with E-state index in [1.165, 1.54) is 23.5 Å². The fourth-order valence-corrected chi connectivity index (χ4v) is 3.77. The van der Waals surface area contributed by atoms with Crippen LogP contribution in [0.15, 0.2) is 18.2 Å².